The van der Waals surface area contributed by atoms with Gasteiger partial charge in [-0.3, -0.25) is 4.79 Å². The summed E-state index contributed by atoms with van der Waals surface area (Å²) in [6.07, 6.45) is 0.379. The summed E-state index contributed by atoms with van der Waals surface area (Å²) in [5.41, 5.74) is 1.69. The highest BCUT2D eigenvalue weighted by atomic mass is 32.2. The van der Waals surface area contributed by atoms with E-state index in [1.165, 1.54) is 0 Å². The maximum Gasteiger partial charge on any atom is 0.242 e. The molecule has 2 N–H and O–H groups in total. The molecule has 1 amide bonds. The SMILES string of the molecule is CC(C)C[C@H](NS(=O)(=O)c1ccc2ccccc2c1)C(=O)Nc1ccc(N2CCOCC2)cc1. The number of fused-ring (bicyclic) bond motifs is 1. The van der Waals surface area contributed by atoms with E-state index in [-0.39, 0.29) is 16.7 Å². The van der Waals surface area contributed by atoms with E-state index in [1.807, 2.05) is 62.4 Å². The minimum Gasteiger partial charge on any atom is -0.378 e. The summed E-state index contributed by atoms with van der Waals surface area (Å²) in [5.74, 6) is -0.254. The summed E-state index contributed by atoms with van der Waals surface area (Å²) < 4.78 is 34.3. The van der Waals surface area contributed by atoms with Crippen molar-refractivity contribution in [2.24, 2.45) is 5.92 Å². The standard InChI is InChI=1S/C26H31N3O4S/c1-19(2)17-25(28-34(31,32)24-12-7-20-5-3-4-6-21(20)18-24)26(30)27-22-8-10-23(11-9-22)29-13-15-33-16-14-29/h3-12,18-19,25,28H,13-17H2,1-2H3,(H,27,30)/t25-/m0/s1. The molecule has 8 heteroatoms. The fraction of sp³-hybridized carbons (Fsp3) is 0.346. The molecule has 0 bridgehead atoms. The van der Waals surface area contributed by atoms with Gasteiger partial charge in [-0.2, -0.15) is 4.72 Å². The van der Waals surface area contributed by atoms with Crippen molar-refractivity contribution in [1.29, 1.82) is 0 Å². The molecule has 0 spiro atoms. The largest absolute Gasteiger partial charge is 0.378 e. The molecule has 1 atom stereocenters. The molecule has 4 rings (SSSR count). The molecule has 0 aliphatic carbocycles. The highest BCUT2D eigenvalue weighted by Crippen LogP contribution is 2.22. The number of amides is 1. The van der Waals surface area contributed by atoms with E-state index < -0.39 is 16.1 Å². The number of rotatable bonds is 8. The molecule has 0 unspecified atom stereocenters. The Morgan fingerprint density at radius 3 is 2.32 bits per heavy atom. The van der Waals surface area contributed by atoms with Crippen molar-refractivity contribution in [3.63, 3.8) is 0 Å². The number of nitrogens with zero attached hydrogens (tertiary/aromatic N) is 1. The van der Waals surface area contributed by atoms with Crippen molar-refractivity contribution >= 4 is 38.1 Å². The van der Waals surface area contributed by atoms with E-state index in [4.69, 9.17) is 4.74 Å². The molecular weight excluding hydrogens is 450 g/mol. The van der Waals surface area contributed by atoms with E-state index in [9.17, 15) is 13.2 Å². The van der Waals surface area contributed by atoms with Crippen molar-refractivity contribution < 1.29 is 17.9 Å². The van der Waals surface area contributed by atoms with Crippen LogP contribution in [-0.2, 0) is 19.6 Å². The van der Waals surface area contributed by atoms with Crippen molar-refractivity contribution in [1.82, 2.24) is 4.72 Å². The van der Waals surface area contributed by atoms with Gasteiger partial charge in [0.1, 0.15) is 6.04 Å². The van der Waals surface area contributed by atoms with Gasteiger partial charge >= 0.3 is 0 Å². The van der Waals surface area contributed by atoms with Crippen LogP contribution in [0.15, 0.2) is 71.6 Å². The predicted octanol–water partition coefficient (Wildman–Crippen LogP) is 4.01. The minimum atomic E-state index is -3.88. The molecule has 3 aromatic carbocycles. The Kier molecular flexibility index (Phi) is 7.50. The van der Waals surface area contributed by atoms with Gasteiger partial charge in [0.15, 0.2) is 0 Å². The molecule has 0 radical (unpaired) electrons. The van der Waals surface area contributed by atoms with Crippen LogP contribution >= 0.6 is 0 Å². The summed E-state index contributed by atoms with van der Waals surface area (Å²) in [4.78, 5) is 15.5. The molecule has 1 aliphatic rings. The second-order valence-corrected chi connectivity index (χ2v) is 10.7. The van der Waals surface area contributed by atoms with Gasteiger partial charge in [-0.1, -0.05) is 44.2 Å². The molecule has 1 saturated heterocycles. The third-order valence-electron chi connectivity index (χ3n) is 5.86. The number of carbonyl (C=O) groups excluding carboxylic acids is 1. The molecule has 0 saturated carbocycles. The average molecular weight is 482 g/mol. The number of nitrogens with one attached hydrogen (secondary N) is 2. The fourth-order valence-corrected chi connectivity index (χ4v) is 5.32. The van der Waals surface area contributed by atoms with E-state index in [1.54, 1.807) is 18.2 Å². The van der Waals surface area contributed by atoms with Gasteiger partial charge in [-0.25, -0.2) is 8.42 Å². The van der Waals surface area contributed by atoms with Crippen LogP contribution in [0.5, 0.6) is 0 Å². The first-order chi connectivity index (χ1) is 16.3. The first-order valence-corrected chi connectivity index (χ1v) is 13.0. The number of carbonyl (C=O) groups is 1. The second kappa shape index (κ2) is 10.5. The Bertz CT molecular complexity index is 1240. The molecule has 1 aliphatic heterocycles. The van der Waals surface area contributed by atoms with Gasteiger partial charge in [-0.05, 0) is 59.5 Å². The molecule has 34 heavy (non-hydrogen) atoms. The Morgan fingerprint density at radius 2 is 1.65 bits per heavy atom. The third-order valence-corrected chi connectivity index (χ3v) is 7.33. The number of ether oxygens (including phenoxy) is 1. The van der Waals surface area contributed by atoms with E-state index >= 15 is 0 Å². The van der Waals surface area contributed by atoms with Gasteiger partial charge in [0.2, 0.25) is 15.9 Å². The van der Waals surface area contributed by atoms with Crippen LogP contribution in [0.25, 0.3) is 10.8 Å². The van der Waals surface area contributed by atoms with Crippen LogP contribution in [0, 0.1) is 5.92 Å². The molecule has 0 aromatic heterocycles. The topological polar surface area (TPSA) is 87.7 Å². The van der Waals surface area contributed by atoms with Crippen LogP contribution in [0.1, 0.15) is 20.3 Å². The zero-order chi connectivity index (χ0) is 24.1. The second-order valence-electron chi connectivity index (χ2n) is 8.95. The monoisotopic (exact) mass is 481 g/mol. The molecule has 1 fully saturated rings. The summed E-state index contributed by atoms with van der Waals surface area (Å²) in [6, 6.07) is 19.2. The van der Waals surface area contributed by atoms with E-state index in [0.717, 1.165) is 29.5 Å². The lowest BCUT2D eigenvalue weighted by Gasteiger charge is -2.29. The van der Waals surface area contributed by atoms with E-state index in [0.29, 0.717) is 25.3 Å². The van der Waals surface area contributed by atoms with Crippen LogP contribution in [0.3, 0.4) is 0 Å². The number of anilines is 2. The Balaban J connectivity index is 1.48. The van der Waals surface area contributed by atoms with Crippen molar-refractivity contribution in [2.75, 3.05) is 36.5 Å². The zero-order valence-electron chi connectivity index (χ0n) is 19.5. The van der Waals surface area contributed by atoms with Gasteiger partial charge in [0.25, 0.3) is 0 Å². The molecule has 7 nitrogen and oxygen atoms in total. The number of benzene rings is 3. The molecular formula is C26H31N3O4S. The van der Waals surface area contributed by atoms with Gasteiger partial charge < -0.3 is 15.0 Å². The summed E-state index contributed by atoms with van der Waals surface area (Å²) in [7, 11) is -3.88. The summed E-state index contributed by atoms with van der Waals surface area (Å²) in [5, 5.41) is 4.66. The normalized spacial score (nSPS) is 15.4. The van der Waals surface area contributed by atoms with Gasteiger partial charge in [0, 0.05) is 24.5 Å². The van der Waals surface area contributed by atoms with Crippen LogP contribution in [0.4, 0.5) is 11.4 Å². The number of sulfonamides is 1. The lowest BCUT2D eigenvalue weighted by Crippen LogP contribution is -2.44. The molecule has 180 valence electrons. The van der Waals surface area contributed by atoms with Crippen LogP contribution in [-0.4, -0.2) is 46.7 Å². The highest BCUT2D eigenvalue weighted by Gasteiger charge is 2.27. The number of morpholine rings is 1. The fourth-order valence-electron chi connectivity index (χ4n) is 4.08. The maximum absolute atomic E-state index is 13.1. The van der Waals surface area contributed by atoms with Crippen molar-refractivity contribution in [3.05, 3.63) is 66.7 Å². The van der Waals surface area contributed by atoms with Crippen LogP contribution < -0.4 is 14.9 Å². The van der Waals surface area contributed by atoms with Crippen molar-refractivity contribution in [3.8, 4) is 0 Å². The quantitative estimate of drug-likeness (QED) is 0.508. The number of hydrogen-bond donors (Lipinski definition) is 2. The molecule has 3 aromatic rings. The third kappa shape index (κ3) is 5.94. The van der Waals surface area contributed by atoms with Gasteiger partial charge in [0.05, 0.1) is 18.1 Å². The highest BCUT2D eigenvalue weighted by molar-refractivity contribution is 7.89. The Labute approximate surface area is 201 Å². The summed E-state index contributed by atoms with van der Waals surface area (Å²) in [6.45, 7) is 6.99. The Morgan fingerprint density at radius 1 is 0.971 bits per heavy atom. The number of hydrogen-bond acceptors (Lipinski definition) is 5. The Hall–Kier alpha value is -2.94. The smallest absolute Gasteiger partial charge is 0.242 e. The lowest BCUT2D eigenvalue weighted by atomic mass is 10.0. The first kappa shape index (κ1) is 24.2. The predicted molar refractivity (Wildman–Crippen MR) is 136 cm³/mol. The average Bonchev–Trinajstić information content (AvgIpc) is 2.84. The summed E-state index contributed by atoms with van der Waals surface area (Å²) >= 11 is 0. The van der Waals surface area contributed by atoms with E-state index in [2.05, 4.69) is 14.9 Å². The zero-order valence-corrected chi connectivity index (χ0v) is 20.3. The van der Waals surface area contributed by atoms with Crippen LogP contribution in [0.2, 0.25) is 0 Å². The van der Waals surface area contributed by atoms with Gasteiger partial charge in [-0.15, -0.1) is 0 Å². The lowest BCUT2D eigenvalue weighted by molar-refractivity contribution is -0.118. The maximum atomic E-state index is 13.1. The minimum absolute atomic E-state index is 0.124. The molecule has 1 heterocycles. The van der Waals surface area contributed by atoms with Crippen molar-refractivity contribution in [2.45, 2.75) is 31.2 Å². The first-order valence-electron chi connectivity index (χ1n) is 11.6.